The van der Waals surface area contributed by atoms with Crippen molar-refractivity contribution in [1.82, 2.24) is 4.98 Å². The minimum atomic E-state index is 0.103. The lowest BCUT2D eigenvalue weighted by molar-refractivity contribution is 0.373. The summed E-state index contributed by atoms with van der Waals surface area (Å²) in [6, 6.07) is 14.8. The van der Waals surface area contributed by atoms with Crippen LogP contribution in [0.3, 0.4) is 0 Å². The molecule has 0 radical (unpaired) electrons. The maximum Gasteiger partial charge on any atom is 0.161 e. The molecule has 0 aliphatic carbocycles. The third kappa shape index (κ3) is 2.83. The number of nitrogens with one attached hydrogen (secondary N) is 1. The summed E-state index contributed by atoms with van der Waals surface area (Å²) in [4.78, 5) is 4.36. The van der Waals surface area contributed by atoms with Gasteiger partial charge >= 0.3 is 0 Å². The summed E-state index contributed by atoms with van der Waals surface area (Å²) in [7, 11) is 1.51. The second-order valence-corrected chi connectivity index (χ2v) is 4.68. The first-order chi connectivity index (χ1) is 10.8. The van der Waals surface area contributed by atoms with Gasteiger partial charge in [-0.3, -0.25) is 10.4 Å². The smallest absolute Gasteiger partial charge is 0.161 e. The molecule has 0 spiro atoms. The minimum absolute atomic E-state index is 0.103. The number of para-hydroxylation sites is 1. The van der Waals surface area contributed by atoms with Crippen LogP contribution in [0.25, 0.3) is 10.9 Å². The quantitative estimate of drug-likeness (QED) is 0.571. The van der Waals surface area contributed by atoms with E-state index in [0.717, 1.165) is 22.2 Å². The van der Waals surface area contributed by atoms with Gasteiger partial charge in [0.15, 0.2) is 11.5 Å². The highest BCUT2D eigenvalue weighted by Gasteiger charge is 2.02. The topological polar surface area (TPSA) is 66.7 Å². The molecule has 2 N–H and O–H groups in total. The number of rotatable bonds is 4. The molecule has 0 aliphatic rings. The van der Waals surface area contributed by atoms with Crippen molar-refractivity contribution in [3.05, 3.63) is 60.3 Å². The molecule has 0 atom stereocenters. The Kier molecular flexibility index (Phi) is 3.87. The van der Waals surface area contributed by atoms with Crippen molar-refractivity contribution in [1.29, 1.82) is 0 Å². The van der Waals surface area contributed by atoms with E-state index in [1.807, 2.05) is 30.3 Å². The highest BCUT2D eigenvalue weighted by atomic mass is 16.5. The number of pyridine rings is 1. The van der Waals surface area contributed by atoms with Gasteiger partial charge in [-0.1, -0.05) is 18.2 Å². The molecule has 0 fully saturated rings. The SMILES string of the molecule is COc1cc(/C=N\Nc2cccc3cccnc23)ccc1O. The van der Waals surface area contributed by atoms with Crippen LogP contribution in [-0.2, 0) is 0 Å². The summed E-state index contributed by atoms with van der Waals surface area (Å²) in [5, 5.41) is 14.8. The number of hydrogen-bond acceptors (Lipinski definition) is 5. The van der Waals surface area contributed by atoms with E-state index >= 15 is 0 Å². The number of nitrogens with zero attached hydrogens (tertiary/aromatic N) is 2. The van der Waals surface area contributed by atoms with Crippen molar-refractivity contribution in [3.63, 3.8) is 0 Å². The molecule has 0 saturated heterocycles. The van der Waals surface area contributed by atoms with E-state index in [-0.39, 0.29) is 5.75 Å². The number of hydrazone groups is 1. The molecule has 0 saturated carbocycles. The van der Waals surface area contributed by atoms with Gasteiger partial charge in [-0.25, -0.2) is 0 Å². The largest absolute Gasteiger partial charge is 0.504 e. The van der Waals surface area contributed by atoms with Gasteiger partial charge in [-0.2, -0.15) is 5.10 Å². The zero-order valence-electron chi connectivity index (χ0n) is 12.0. The van der Waals surface area contributed by atoms with E-state index in [9.17, 15) is 5.11 Å². The Balaban J connectivity index is 1.82. The monoisotopic (exact) mass is 293 g/mol. The fourth-order valence-electron chi connectivity index (χ4n) is 2.15. The van der Waals surface area contributed by atoms with Gasteiger partial charge in [0.2, 0.25) is 0 Å². The molecule has 2 aromatic carbocycles. The zero-order chi connectivity index (χ0) is 15.4. The summed E-state index contributed by atoms with van der Waals surface area (Å²) >= 11 is 0. The summed E-state index contributed by atoms with van der Waals surface area (Å²) in [6.07, 6.45) is 3.41. The zero-order valence-corrected chi connectivity index (χ0v) is 12.0. The van der Waals surface area contributed by atoms with Crippen molar-refractivity contribution in [2.45, 2.75) is 0 Å². The summed E-state index contributed by atoms with van der Waals surface area (Å²) in [6.45, 7) is 0. The Morgan fingerprint density at radius 3 is 2.91 bits per heavy atom. The van der Waals surface area contributed by atoms with E-state index in [0.29, 0.717) is 5.75 Å². The molecule has 3 rings (SSSR count). The van der Waals surface area contributed by atoms with Crippen molar-refractivity contribution in [2.24, 2.45) is 5.10 Å². The average molecular weight is 293 g/mol. The van der Waals surface area contributed by atoms with Gasteiger partial charge in [-0.05, 0) is 35.9 Å². The lowest BCUT2D eigenvalue weighted by Gasteiger charge is -2.05. The van der Waals surface area contributed by atoms with Gasteiger partial charge in [-0.15, -0.1) is 0 Å². The number of hydrogen-bond donors (Lipinski definition) is 2. The molecule has 3 aromatic rings. The Bertz CT molecular complexity index is 826. The normalized spacial score (nSPS) is 11.0. The molecule has 0 aliphatic heterocycles. The van der Waals surface area contributed by atoms with Crippen molar-refractivity contribution in [2.75, 3.05) is 12.5 Å². The summed E-state index contributed by atoms with van der Waals surface area (Å²) in [5.41, 5.74) is 5.51. The Labute approximate surface area is 127 Å². The van der Waals surface area contributed by atoms with Crippen molar-refractivity contribution in [3.8, 4) is 11.5 Å². The number of ether oxygens (including phenoxy) is 1. The minimum Gasteiger partial charge on any atom is -0.504 e. The van der Waals surface area contributed by atoms with Gasteiger partial charge < -0.3 is 9.84 Å². The van der Waals surface area contributed by atoms with Crippen LogP contribution in [0.1, 0.15) is 5.56 Å². The van der Waals surface area contributed by atoms with Crippen molar-refractivity contribution >= 4 is 22.8 Å². The molecule has 0 unspecified atom stereocenters. The number of aromatic hydroxyl groups is 1. The average Bonchev–Trinajstić information content (AvgIpc) is 2.56. The fraction of sp³-hybridized carbons (Fsp3) is 0.0588. The highest BCUT2D eigenvalue weighted by Crippen LogP contribution is 2.25. The number of fused-ring (bicyclic) bond motifs is 1. The molecule has 22 heavy (non-hydrogen) atoms. The number of anilines is 1. The fourth-order valence-corrected chi connectivity index (χ4v) is 2.15. The van der Waals surface area contributed by atoms with Gasteiger partial charge in [0.25, 0.3) is 0 Å². The number of benzene rings is 2. The van der Waals surface area contributed by atoms with Crippen LogP contribution in [0.2, 0.25) is 0 Å². The molecule has 5 heteroatoms. The lowest BCUT2D eigenvalue weighted by atomic mass is 10.2. The predicted molar refractivity (Wildman–Crippen MR) is 87.6 cm³/mol. The summed E-state index contributed by atoms with van der Waals surface area (Å²) in [5.74, 6) is 0.515. The summed E-state index contributed by atoms with van der Waals surface area (Å²) < 4.78 is 5.07. The Morgan fingerprint density at radius 1 is 1.18 bits per heavy atom. The second kappa shape index (κ2) is 6.13. The van der Waals surface area contributed by atoms with Crippen LogP contribution in [0.5, 0.6) is 11.5 Å². The van der Waals surface area contributed by atoms with Gasteiger partial charge in [0, 0.05) is 11.6 Å². The second-order valence-electron chi connectivity index (χ2n) is 4.68. The van der Waals surface area contributed by atoms with E-state index in [1.165, 1.54) is 7.11 Å². The molecule has 1 heterocycles. The first-order valence-corrected chi connectivity index (χ1v) is 6.78. The third-order valence-electron chi connectivity index (χ3n) is 3.24. The van der Waals surface area contributed by atoms with Crippen LogP contribution >= 0.6 is 0 Å². The van der Waals surface area contributed by atoms with Crippen LogP contribution in [-0.4, -0.2) is 23.4 Å². The Morgan fingerprint density at radius 2 is 2.05 bits per heavy atom. The maximum atomic E-state index is 9.56. The van der Waals surface area contributed by atoms with Gasteiger partial charge in [0.05, 0.1) is 24.5 Å². The van der Waals surface area contributed by atoms with E-state index < -0.39 is 0 Å². The standard InChI is InChI=1S/C17H15N3O2/c1-22-16-10-12(7-8-15(16)21)11-19-20-14-6-2-4-13-5-3-9-18-17(13)14/h2-11,20-21H,1H3/b19-11-. The molecule has 0 bridgehead atoms. The third-order valence-corrected chi connectivity index (χ3v) is 3.24. The van der Waals surface area contributed by atoms with Crippen molar-refractivity contribution < 1.29 is 9.84 Å². The molecule has 5 nitrogen and oxygen atoms in total. The van der Waals surface area contributed by atoms with E-state index in [2.05, 4.69) is 15.5 Å². The van der Waals surface area contributed by atoms with Crippen LogP contribution < -0.4 is 10.2 Å². The number of phenols is 1. The first kappa shape index (κ1) is 13.9. The van der Waals surface area contributed by atoms with Crippen LogP contribution in [0.4, 0.5) is 5.69 Å². The Hall–Kier alpha value is -3.08. The van der Waals surface area contributed by atoms with E-state index in [4.69, 9.17) is 4.74 Å². The number of aromatic nitrogens is 1. The molecule has 1 aromatic heterocycles. The molecule has 110 valence electrons. The van der Waals surface area contributed by atoms with Crippen LogP contribution in [0, 0.1) is 0 Å². The van der Waals surface area contributed by atoms with E-state index in [1.54, 1.807) is 30.6 Å². The molecule has 0 amide bonds. The maximum absolute atomic E-state index is 9.56. The highest BCUT2D eigenvalue weighted by molar-refractivity contribution is 5.90. The number of phenolic OH excluding ortho intramolecular Hbond substituents is 1. The number of methoxy groups -OCH3 is 1. The molecular weight excluding hydrogens is 278 g/mol. The lowest BCUT2D eigenvalue weighted by Crippen LogP contribution is -1.93. The first-order valence-electron chi connectivity index (χ1n) is 6.78. The van der Waals surface area contributed by atoms with Crippen LogP contribution in [0.15, 0.2) is 59.8 Å². The molecular formula is C17H15N3O2. The van der Waals surface area contributed by atoms with Gasteiger partial charge in [0.1, 0.15) is 0 Å². The predicted octanol–water partition coefficient (Wildman–Crippen LogP) is 3.40.